The van der Waals surface area contributed by atoms with Crippen LogP contribution in [0.15, 0.2) is 0 Å². The van der Waals surface area contributed by atoms with Gasteiger partial charge in [0.2, 0.25) is 0 Å². The number of aliphatic hydroxyl groups is 1. The zero-order valence-corrected chi connectivity index (χ0v) is 8.85. The molecule has 0 fully saturated rings. The normalized spacial score (nSPS) is 18.8. The van der Waals surface area contributed by atoms with Gasteiger partial charge in [-0.15, -0.1) is 0 Å². The fourth-order valence-corrected chi connectivity index (χ4v) is 1.80. The maximum Gasteiger partial charge on any atom is 0.0746 e. The van der Waals surface area contributed by atoms with Crippen molar-refractivity contribution in [3.63, 3.8) is 0 Å². The highest BCUT2D eigenvalue weighted by Gasteiger charge is 2.21. The molecule has 0 aromatic rings. The molecule has 2 heteroatoms. The van der Waals surface area contributed by atoms with Crippen LogP contribution < -0.4 is 5.32 Å². The van der Waals surface area contributed by atoms with Gasteiger partial charge in [-0.05, 0) is 26.3 Å². The first-order chi connectivity index (χ1) is 5.52. The summed E-state index contributed by atoms with van der Waals surface area (Å²) in [6, 6.07) is 0. The minimum atomic E-state index is -0.538. The molecule has 12 heavy (non-hydrogen) atoms. The molecule has 0 rings (SSSR count). The topological polar surface area (TPSA) is 32.3 Å². The van der Waals surface area contributed by atoms with Crippen LogP contribution in [0.25, 0.3) is 0 Å². The van der Waals surface area contributed by atoms with Gasteiger partial charge in [0.15, 0.2) is 0 Å². The van der Waals surface area contributed by atoms with E-state index in [4.69, 9.17) is 0 Å². The number of rotatable bonds is 6. The lowest BCUT2D eigenvalue weighted by molar-refractivity contribution is 0.0369. The molecule has 0 aromatic carbocycles. The molecule has 0 saturated heterocycles. The molecule has 0 heterocycles. The fourth-order valence-electron chi connectivity index (χ4n) is 1.80. The highest BCUT2D eigenvalue weighted by molar-refractivity contribution is 4.76. The minimum Gasteiger partial charge on any atom is -0.389 e. The van der Waals surface area contributed by atoms with Gasteiger partial charge in [0.05, 0.1) is 5.60 Å². The van der Waals surface area contributed by atoms with Crippen molar-refractivity contribution >= 4 is 0 Å². The van der Waals surface area contributed by atoms with Crippen LogP contribution >= 0.6 is 0 Å². The van der Waals surface area contributed by atoms with Crippen LogP contribution in [-0.2, 0) is 0 Å². The van der Waals surface area contributed by atoms with Crippen LogP contribution in [0, 0.1) is 5.92 Å². The molecule has 2 unspecified atom stereocenters. The van der Waals surface area contributed by atoms with Gasteiger partial charge in [-0.1, -0.05) is 26.7 Å². The van der Waals surface area contributed by atoms with E-state index in [1.54, 1.807) is 0 Å². The van der Waals surface area contributed by atoms with Crippen LogP contribution in [0.3, 0.4) is 0 Å². The number of likely N-dealkylation sites (N-methyl/N-ethyl adjacent to an activating group) is 1. The van der Waals surface area contributed by atoms with E-state index in [1.165, 1.54) is 12.8 Å². The maximum atomic E-state index is 9.85. The molecule has 0 bridgehead atoms. The van der Waals surface area contributed by atoms with Gasteiger partial charge in [0.25, 0.3) is 0 Å². The Hall–Kier alpha value is -0.0800. The van der Waals surface area contributed by atoms with E-state index >= 15 is 0 Å². The molecule has 0 aromatic heterocycles. The Kier molecular flexibility index (Phi) is 5.51. The third-order valence-corrected chi connectivity index (χ3v) is 2.13. The van der Waals surface area contributed by atoms with Crippen LogP contribution in [-0.4, -0.2) is 24.3 Å². The molecule has 74 valence electrons. The largest absolute Gasteiger partial charge is 0.389 e. The van der Waals surface area contributed by atoms with Crippen molar-refractivity contribution in [1.29, 1.82) is 0 Å². The zero-order valence-electron chi connectivity index (χ0n) is 8.85. The molecule has 0 saturated carbocycles. The molecule has 0 aliphatic heterocycles. The Morgan fingerprint density at radius 1 is 1.50 bits per heavy atom. The van der Waals surface area contributed by atoms with Crippen molar-refractivity contribution in [2.24, 2.45) is 5.92 Å². The average Bonchev–Trinajstić information content (AvgIpc) is 1.85. The second kappa shape index (κ2) is 5.55. The lowest BCUT2D eigenvalue weighted by Gasteiger charge is -2.26. The van der Waals surface area contributed by atoms with Gasteiger partial charge in [0.1, 0.15) is 0 Å². The summed E-state index contributed by atoms with van der Waals surface area (Å²) in [5.41, 5.74) is -0.538. The van der Waals surface area contributed by atoms with Gasteiger partial charge in [-0.3, -0.25) is 0 Å². The predicted octanol–water partition coefficient (Wildman–Crippen LogP) is 1.78. The maximum absolute atomic E-state index is 9.85. The molecule has 0 spiro atoms. The Balaban J connectivity index is 3.70. The fraction of sp³-hybridized carbons (Fsp3) is 1.00. The smallest absolute Gasteiger partial charge is 0.0746 e. The van der Waals surface area contributed by atoms with Crippen LogP contribution in [0.1, 0.15) is 40.0 Å². The van der Waals surface area contributed by atoms with Gasteiger partial charge < -0.3 is 10.4 Å². The van der Waals surface area contributed by atoms with Crippen molar-refractivity contribution in [3.05, 3.63) is 0 Å². The average molecular weight is 173 g/mol. The van der Waals surface area contributed by atoms with E-state index < -0.39 is 5.60 Å². The lowest BCUT2D eigenvalue weighted by atomic mass is 9.90. The Morgan fingerprint density at radius 2 is 2.08 bits per heavy atom. The Morgan fingerprint density at radius 3 is 2.50 bits per heavy atom. The molecule has 2 atom stereocenters. The van der Waals surface area contributed by atoms with Gasteiger partial charge in [0, 0.05) is 6.54 Å². The van der Waals surface area contributed by atoms with E-state index in [-0.39, 0.29) is 0 Å². The van der Waals surface area contributed by atoms with Gasteiger partial charge in [-0.2, -0.15) is 0 Å². The Labute approximate surface area is 76.4 Å². The molecule has 2 N–H and O–H groups in total. The van der Waals surface area contributed by atoms with E-state index in [0.717, 1.165) is 6.42 Å². The highest BCUT2D eigenvalue weighted by Crippen LogP contribution is 2.19. The first-order valence-corrected chi connectivity index (χ1v) is 4.89. The molecule has 0 aliphatic rings. The summed E-state index contributed by atoms with van der Waals surface area (Å²) in [5, 5.41) is 12.9. The summed E-state index contributed by atoms with van der Waals surface area (Å²) in [6.07, 6.45) is 3.30. The molecule has 2 nitrogen and oxygen atoms in total. The van der Waals surface area contributed by atoms with E-state index in [1.807, 2.05) is 14.0 Å². The molecule has 0 radical (unpaired) electrons. The summed E-state index contributed by atoms with van der Waals surface area (Å²) in [4.78, 5) is 0. The second-order valence-corrected chi connectivity index (χ2v) is 4.13. The van der Waals surface area contributed by atoms with Crippen molar-refractivity contribution < 1.29 is 5.11 Å². The van der Waals surface area contributed by atoms with Crippen LogP contribution in [0.5, 0.6) is 0 Å². The summed E-state index contributed by atoms with van der Waals surface area (Å²) in [5.74, 6) is 0.623. The predicted molar refractivity (Wildman–Crippen MR) is 53.2 cm³/mol. The number of nitrogens with one attached hydrogen (secondary N) is 1. The molecule has 0 aliphatic carbocycles. The van der Waals surface area contributed by atoms with Crippen molar-refractivity contribution in [1.82, 2.24) is 5.32 Å². The van der Waals surface area contributed by atoms with Gasteiger partial charge in [-0.25, -0.2) is 0 Å². The third-order valence-electron chi connectivity index (χ3n) is 2.13. The quantitative estimate of drug-likeness (QED) is 0.642. The van der Waals surface area contributed by atoms with E-state index in [9.17, 15) is 5.11 Å². The van der Waals surface area contributed by atoms with E-state index in [0.29, 0.717) is 12.5 Å². The highest BCUT2D eigenvalue weighted by atomic mass is 16.3. The van der Waals surface area contributed by atoms with Gasteiger partial charge >= 0.3 is 0 Å². The first-order valence-electron chi connectivity index (χ1n) is 4.89. The monoisotopic (exact) mass is 173 g/mol. The summed E-state index contributed by atoms with van der Waals surface area (Å²) in [6.45, 7) is 6.97. The second-order valence-electron chi connectivity index (χ2n) is 4.13. The first kappa shape index (κ1) is 11.9. The standard InChI is InChI=1S/C10H23NO/c1-5-6-9(2)7-10(3,12)8-11-4/h9,11-12H,5-8H2,1-4H3. The lowest BCUT2D eigenvalue weighted by Crippen LogP contribution is -2.37. The summed E-state index contributed by atoms with van der Waals surface area (Å²) < 4.78 is 0. The molecule has 0 amide bonds. The van der Waals surface area contributed by atoms with Crippen molar-refractivity contribution in [2.75, 3.05) is 13.6 Å². The van der Waals surface area contributed by atoms with Crippen LogP contribution in [0.4, 0.5) is 0 Å². The third kappa shape index (κ3) is 5.56. The zero-order chi connectivity index (χ0) is 9.61. The van der Waals surface area contributed by atoms with E-state index in [2.05, 4.69) is 19.2 Å². The molecular weight excluding hydrogens is 150 g/mol. The van der Waals surface area contributed by atoms with Crippen molar-refractivity contribution in [2.45, 2.75) is 45.6 Å². The Bertz CT molecular complexity index is 112. The molecular formula is C10H23NO. The number of hydrogen-bond acceptors (Lipinski definition) is 2. The van der Waals surface area contributed by atoms with Crippen LogP contribution in [0.2, 0.25) is 0 Å². The number of hydrogen-bond donors (Lipinski definition) is 2. The summed E-state index contributed by atoms with van der Waals surface area (Å²) >= 11 is 0. The summed E-state index contributed by atoms with van der Waals surface area (Å²) in [7, 11) is 1.87. The minimum absolute atomic E-state index is 0.538. The SMILES string of the molecule is CCCC(C)CC(C)(O)CNC. The van der Waals surface area contributed by atoms with Crippen molar-refractivity contribution in [3.8, 4) is 0 Å².